The van der Waals surface area contributed by atoms with Crippen LogP contribution in [0.2, 0.25) is 5.02 Å². The molecule has 2 amide bonds. The molecule has 0 atom stereocenters. The molecule has 1 saturated heterocycles. The first-order valence-corrected chi connectivity index (χ1v) is 6.02. The van der Waals surface area contributed by atoms with Gasteiger partial charge in [-0.15, -0.1) is 0 Å². The van der Waals surface area contributed by atoms with Crippen molar-refractivity contribution in [2.75, 3.05) is 7.11 Å². The van der Waals surface area contributed by atoms with Crippen LogP contribution in [0.25, 0.3) is 6.08 Å². The highest BCUT2D eigenvalue weighted by molar-refractivity contribution is 8.18. The molecule has 2 rings (SSSR count). The molecule has 1 aliphatic heterocycles. The molecule has 1 heterocycles. The van der Waals surface area contributed by atoms with Crippen LogP contribution in [0.4, 0.5) is 4.79 Å². The number of hydrogen-bond donors (Lipinski definition) is 2. The molecule has 1 fully saturated rings. The number of carbonyl (C=O) groups is 2. The van der Waals surface area contributed by atoms with Crippen molar-refractivity contribution in [2.45, 2.75) is 0 Å². The Hall–Kier alpha value is -1.66. The maximum atomic E-state index is 11.4. The number of phenols is 1. The molecule has 1 aromatic rings. The lowest BCUT2D eigenvalue weighted by molar-refractivity contribution is -0.115. The molecule has 0 radical (unpaired) electrons. The first-order chi connectivity index (χ1) is 8.51. The molecule has 0 aliphatic carbocycles. The van der Waals surface area contributed by atoms with Crippen LogP contribution in [-0.2, 0) is 4.79 Å². The molecule has 0 aromatic heterocycles. The molecule has 1 aliphatic rings. The van der Waals surface area contributed by atoms with Gasteiger partial charge in [-0.3, -0.25) is 14.9 Å². The highest BCUT2D eigenvalue weighted by Crippen LogP contribution is 2.36. The summed E-state index contributed by atoms with van der Waals surface area (Å²) >= 11 is 6.62. The number of carbonyl (C=O) groups excluding carboxylic acids is 2. The highest BCUT2D eigenvalue weighted by Gasteiger charge is 2.25. The molecule has 5 nitrogen and oxygen atoms in total. The second-order valence-corrected chi connectivity index (χ2v) is 4.85. The number of methoxy groups -OCH3 is 1. The number of halogens is 1. The first-order valence-electron chi connectivity index (χ1n) is 4.82. The summed E-state index contributed by atoms with van der Waals surface area (Å²) < 4.78 is 4.94. The normalized spacial score (nSPS) is 17.1. The Bertz CT molecular complexity index is 570. The summed E-state index contributed by atoms with van der Waals surface area (Å²) in [6.07, 6.45) is 1.38. The lowest BCUT2D eigenvalue weighted by Crippen LogP contribution is -2.17. The van der Waals surface area contributed by atoms with Gasteiger partial charge in [-0.25, -0.2) is 0 Å². The molecule has 0 unspecified atom stereocenters. The van der Waals surface area contributed by atoms with Crippen molar-refractivity contribution in [1.29, 1.82) is 0 Å². The average Bonchev–Trinajstić information content (AvgIpc) is 2.62. The van der Waals surface area contributed by atoms with Crippen LogP contribution >= 0.6 is 23.4 Å². The lowest BCUT2D eigenvalue weighted by atomic mass is 10.1. The number of hydrogen-bond acceptors (Lipinski definition) is 5. The first kappa shape index (κ1) is 12.8. The Morgan fingerprint density at radius 2 is 2.17 bits per heavy atom. The fraction of sp³-hybridized carbons (Fsp3) is 0.0909. The van der Waals surface area contributed by atoms with E-state index in [0.29, 0.717) is 10.6 Å². The van der Waals surface area contributed by atoms with E-state index in [-0.39, 0.29) is 16.4 Å². The Morgan fingerprint density at radius 3 is 2.72 bits per heavy atom. The molecule has 94 valence electrons. The van der Waals surface area contributed by atoms with Gasteiger partial charge in [0.15, 0.2) is 11.5 Å². The van der Waals surface area contributed by atoms with Crippen molar-refractivity contribution in [3.63, 3.8) is 0 Å². The van der Waals surface area contributed by atoms with Crippen molar-refractivity contribution < 1.29 is 19.4 Å². The second-order valence-electron chi connectivity index (χ2n) is 3.40. The van der Waals surface area contributed by atoms with Gasteiger partial charge in [-0.2, -0.15) is 0 Å². The number of thioether (sulfide) groups is 1. The van der Waals surface area contributed by atoms with Gasteiger partial charge in [-0.1, -0.05) is 11.6 Å². The maximum absolute atomic E-state index is 11.4. The van der Waals surface area contributed by atoms with Gasteiger partial charge in [0.05, 0.1) is 12.0 Å². The van der Waals surface area contributed by atoms with Crippen LogP contribution in [0.5, 0.6) is 11.5 Å². The quantitative estimate of drug-likeness (QED) is 0.816. The zero-order valence-corrected chi connectivity index (χ0v) is 10.8. The van der Waals surface area contributed by atoms with Gasteiger partial charge in [-0.05, 0) is 23.9 Å². The highest BCUT2D eigenvalue weighted by atomic mass is 35.5. The predicted octanol–water partition coefficient (Wildman–Crippen LogP) is 2.38. The number of amides is 2. The Balaban J connectivity index is 2.46. The van der Waals surface area contributed by atoms with E-state index < -0.39 is 11.1 Å². The monoisotopic (exact) mass is 285 g/mol. The summed E-state index contributed by atoms with van der Waals surface area (Å²) in [5.74, 6) is -0.436. The fourth-order valence-corrected chi connectivity index (χ4v) is 2.31. The van der Waals surface area contributed by atoms with E-state index in [2.05, 4.69) is 5.32 Å². The summed E-state index contributed by atoms with van der Waals surface area (Å²) in [7, 11) is 1.39. The SMILES string of the molecule is COc1cc(Cl)cc(/C=C2\SC(=O)NC2=O)c1O. The predicted molar refractivity (Wildman–Crippen MR) is 68.8 cm³/mol. The van der Waals surface area contributed by atoms with Crippen molar-refractivity contribution in [3.05, 3.63) is 27.6 Å². The number of nitrogens with one attached hydrogen (secondary N) is 1. The van der Waals surface area contributed by atoms with E-state index in [1.807, 2.05) is 0 Å². The molecule has 7 heteroatoms. The van der Waals surface area contributed by atoms with E-state index >= 15 is 0 Å². The molecule has 0 bridgehead atoms. The third-order valence-corrected chi connectivity index (χ3v) is 3.25. The van der Waals surface area contributed by atoms with Crippen molar-refractivity contribution in [1.82, 2.24) is 5.32 Å². The Morgan fingerprint density at radius 1 is 1.44 bits per heavy atom. The smallest absolute Gasteiger partial charge is 0.290 e. The number of aromatic hydroxyl groups is 1. The largest absolute Gasteiger partial charge is 0.504 e. The Kier molecular flexibility index (Phi) is 3.49. The summed E-state index contributed by atoms with van der Waals surface area (Å²) in [6.45, 7) is 0. The van der Waals surface area contributed by atoms with Crippen molar-refractivity contribution >= 4 is 40.6 Å². The maximum Gasteiger partial charge on any atom is 0.290 e. The number of imide groups is 1. The third kappa shape index (κ3) is 2.44. The van der Waals surface area contributed by atoms with E-state index in [1.165, 1.54) is 25.3 Å². The van der Waals surface area contributed by atoms with Crippen molar-refractivity contribution in [2.24, 2.45) is 0 Å². The van der Waals surface area contributed by atoms with Crippen molar-refractivity contribution in [3.8, 4) is 11.5 Å². The third-order valence-electron chi connectivity index (χ3n) is 2.22. The van der Waals surface area contributed by atoms with Crippen LogP contribution in [0, 0.1) is 0 Å². The minimum atomic E-state index is -0.497. The van der Waals surface area contributed by atoms with Gasteiger partial charge in [0, 0.05) is 16.7 Å². The number of ether oxygens (including phenoxy) is 1. The minimum Gasteiger partial charge on any atom is -0.504 e. The van der Waals surface area contributed by atoms with Gasteiger partial charge >= 0.3 is 0 Å². The zero-order chi connectivity index (χ0) is 13.3. The van der Waals surface area contributed by atoms with Gasteiger partial charge in [0.25, 0.3) is 11.1 Å². The van der Waals surface area contributed by atoms with Crippen LogP contribution in [0.3, 0.4) is 0 Å². The zero-order valence-electron chi connectivity index (χ0n) is 9.19. The average molecular weight is 286 g/mol. The molecule has 1 aromatic carbocycles. The number of rotatable bonds is 2. The van der Waals surface area contributed by atoms with Crippen LogP contribution in [-0.4, -0.2) is 23.4 Å². The van der Waals surface area contributed by atoms with Gasteiger partial charge in [0.1, 0.15) is 0 Å². The number of benzene rings is 1. The standard InChI is InChI=1S/C11H8ClNO4S/c1-17-7-4-6(12)2-5(9(7)14)3-8-10(15)13-11(16)18-8/h2-4,14H,1H3,(H,13,15,16)/b8-3-. The summed E-state index contributed by atoms with van der Waals surface area (Å²) in [4.78, 5) is 22.6. The lowest BCUT2D eigenvalue weighted by Gasteiger charge is -2.07. The minimum absolute atomic E-state index is 0.137. The summed E-state index contributed by atoms with van der Waals surface area (Å²) in [5.41, 5.74) is 0.312. The van der Waals surface area contributed by atoms with Gasteiger partial charge < -0.3 is 9.84 Å². The number of phenolic OH excluding ortho intramolecular Hbond substituents is 1. The molecule has 18 heavy (non-hydrogen) atoms. The summed E-state index contributed by atoms with van der Waals surface area (Å²) in [5, 5.41) is 11.9. The topological polar surface area (TPSA) is 75.6 Å². The fourth-order valence-electron chi connectivity index (χ4n) is 1.42. The molecular formula is C11H8ClNO4S. The van der Waals surface area contributed by atoms with Gasteiger partial charge in [0.2, 0.25) is 0 Å². The molecule has 0 spiro atoms. The van der Waals surface area contributed by atoms with E-state index in [1.54, 1.807) is 0 Å². The summed E-state index contributed by atoms with van der Waals surface area (Å²) in [6, 6.07) is 2.93. The molecule has 0 saturated carbocycles. The molecule has 2 N–H and O–H groups in total. The molecular weight excluding hydrogens is 278 g/mol. The second kappa shape index (κ2) is 4.91. The van der Waals surface area contributed by atoms with Crippen LogP contribution in [0.15, 0.2) is 17.0 Å². The van der Waals surface area contributed by atoms with E-state index in [9.17, 15) is 14.7 Å². The van der Waals surface area contributed by atoms with Crippen LogP contribution in [0.1, 0.15) is 5.56 Å². The van der Waals surface area contributed by atoms with Crippen LogP contribution < -0.4 is 10.1 Å². The van der Waals surface area contributed by atoms with E-state index in [0.717, 1.165) is 11.8 Å². The van der Waals surface area contributed by atoms with E-state index in [4.69, 9.17) is 16.3 Å². The Labute approximate surface area is 112 Å².